The Morgan fingerprint density at radius 1 is 0.962 bits per heavy atom. The summed E-state index contributed by atoms with van der Waals surface area (Å²) in [5, 5.41) is 8.60. The molecule has 3 aliphatic carbocycles. The molecular weight excluding hydrogens is 712 g/mol. The van der Waals surface area contributed by atoms with Gasteiger partial charge in [-0.2, -0.15) is 0 Å². The minimum atomic E-state index is -3.89. The number of hydrogen-bond donors (Lipinski definition) is 4. The highest BCUT2D eigenvalue weighted by Crippen LogP contribution is 2.46. The van der Waals surface area contributed by atoms with E-state index in [2.05, 4.69) is 20.7 Å². The second kappa shape index (κ2) is 14.9. The van der Waals surface area contributed by atoms with Gasteiger partial charge in [0.05, 0.1) is 18.3 Å². The number of nitrogens with one attached hydrogen (secondary N) is 4. The molecule has 4 fully saturated rings. The second-order valence-corrected chi connectivity index (χ2v) is 17.5. The molecule has 1 aromatic carbocycles. The highest BCUT2D eigenvalue weighted by atomic mass is 35.5. The van der Waals surface area contributed by atoms with E-state index in [4.69, 9.17) is 16.3 Å². The molecular formula is C36H47ClN6O8S. The molecule has 6 aliphatic rings. The monoisotopic (exact) mass is 758 g/mol. The molecule has 0 aromatic heterocycles. The molecule has 3 saturated carbocycles. The summed E-state index contributed by atoms with van der Waals surface area (Å²) in [6.07, 6.45) is 10.4. The number of amides is 6. The first kappa shape index (κ1) is 36.5. The number of fused-ring (bicyclic) bond motifs is 3. The van der Waals surface area contributed by atoms with Crippen LogP contribution in [0.25, 0.3) is 0 Å². The normalized spacial score (nSPS) is 30.2. The van der Waals surface area contributed by atoms with Crippen molar-refractivity contribution < 1.29 is 37.1 Å². The molecule has 3 aliphatic heterocycles. The summed E-state index contributed by atoms with van der Waals surface area (Å²) < 4.78 is 33.7. The number of hydrogen-bond acceptors (Lipinski definition) is 8. The van der Waals surface area contributed by atoms with Crippen molar-refractivity contribution in [3.05, 3.63) is 46.5 Å². The SMILES string of the molecule is O=C(NC1CCCC1)N[C@H]1CCCCC/C=C\[C@H]2C[C@@]2(C(=O)NS(=O)(=O)C2CC2)NC(=O)[C@@H]2C[C@@H](OC(=O)N3Cc4cccc(Cl)c4C3)CN2C1=O. The van der Waals surface area contributed by atoms with Crippen LogP contribution >= 0.6 is 11.6 Å². The molecule has 5 atom stereocenters. The summed E-state index contributed by atoms with van der Waals surface area (Å²) in [4.78, 5) is 71.7. The van der Waals surface area contributed by atoms with E-state index in [9.17, 15) is 32.4 Å². The van der Waals surface area contributed by atoms with Crippen LogP contribution in [-0.4, -0.2) is 89.6 Å². The van der Waals surface area contributed by atoms with Gasteiger partial charge in [0.2, 0.25) is 21.8 Å². The molecule has 0 radical (unpaired) electrons. The summed E-state index contributed by atoms with van der Waals surface area (Å²) in [5.41, 5.74) is 0.224. The minimum absolute atomic E-state index is 0.0300. The number of carbonyl (C=O) groups excluding carboxylic acids is 5. The summed E-state index contributed by atoms with van der Waals surface area (Å²) in [6.45, 7) is 0.448. The second-order valence-electron chi connectivity index (χ2n) is 15.1. The van der Waals surface area contributed by atoms with Crippen LogP contribution in [0.4, 0.5) is 9.59 Å². The van der Waals surface area contributed by atoms with Gasteiger partial charge in [-0.05, 0) is 68.6 Å². The molecule has 3 heterocycles. The van der Waals surface area contributed by atoms with Crippen LogP contribution in [0.3, 0.4) is 0 Å². The van der Waals surface area contributed by atoms with Gasteiger partial charge >= 0.3 is 12.1 Å². The molecule has 16 heteroatoms. The van der Waals surface area contributed by atoms with Crippen LogP contribution in [0.2, 0.25) is 5.02 Å². The molecule has 282 valence electrons. The molecule has 0 unspecified atom stereocenters. The van der Waals surface area contributed by atoms with Gasteiger partial charge in [0.15, 0.2) is 0 Å². The van der Waals surface area contributed by atoms with Gasteiger partial charge in [-0.15, -0.1) is 0 Å². The van der Waals surface area contributed by atoms with Crippen molar-refractivity contribution in [1.29, 1.82) is 0 Å². The van der Waals surface area contributed by atoms with Crippen LogP contribution < -0.4 is 20.7 Å². The van der Waals surface area contributed by atoms with E-state index in [-0.39, 0.29) is 32.0 Å². The quantitative estimate of drug-likeness (QED) is 0.319. The Morgan fingerprint density at radius 2 is 1.73 bits per heavy atom. The summed E-state index contributed by atoms with van der Waals surface area (Å²) in [5.74, 6) is -2.39. The summed E-state index contributed by atoms with van der Waals surface area (Å²) in [6, 6.07) is 2.94. The number of sulfonamides is 1. The fraction of sp³-hybridized carbons (Fsp3) is 0.639. The van der Waals surface area contributed by atoms with Crippen molar-refractivity contribution >= 4 is 51.5 Å². The number of allylic oxidation sites excluding steroid dienone is 1. The van der Waals surface area contributed by atoms with E-state index in [0.29, 0.717) is 43.7 Å². The number of carbonyl (C=O) groups is 5. The molecule has 0 bridgehead atoms. The Balaban J connectivity index is 1.12. The average Bonchev–Trinajstić information content (AvgIpc) is 3.88. The highest BCUT2D eigenvalue weighted by Gasteiger charge is 2.62. The van der Waals surface area contributed by atoms with Crippen molar-refractivity contribution in [1.82, 2.24) is 30.5 Å². The van der Waals surface area contributed by atoms with E-state index < -0.39 is 74.8 Å². The third-order valence-corrected chi connectivity index (χ3v) is 13.5. The summed E-state index contributed by atoms with van der Waals surface area (Å²) in [7, 11) is -3.89. The Morgan fingerprint density at radius 3 is 2.48 bits per heavy atom. The van der Waals surface area contributed by atoms with E-state index in [1.165, 1.54) is 9.80 Å². The van der Waals surface area contributed by atoms with Crippen LogP contribution in [0.5, 0.6) is 0 Å². The topological polar surface area (TPSA) is 183 Å². The van der Waals surface area contributed by atoms with Crippen molar-refractivity contribution in [2.45, 2.75) is 132 Å². The number of halogens is 1. The van der Waals surface area contributed by atoms with Gasteiger partial charge in [-0.25, -0.2) is 18.0 Å². The van der Waals surface area contributed by atoms with E-state index in [0.717, 1.165) is 49.7 Å². The van der Waals surface area contributed by atoms with Crippen molar-refractivity contribution in [3.63, 3.8) is 0 Å². The molecule has 6 amide bonds. The molecule has 4 N–H and O–H groups in total. The van der Waals surface area contributed by atoms with Crippen LogP contribution in [0.15, 0.2) is 30.4 Å². The van der Waals surface area contributed by atoms with Gasteiger partial charge < -0.3 is 25.6 Å². The van der Waals surface area contributed by atoms with E-state index in [1.807, 2.05) is 24.3 Å². The molecule has 1 saturated heterocycles. The first-order valence-corrected chi connectivity index (χ1v) is 20.5. The molecule has 0 spiro atoms. The maximum Gasteiger partial charge on any atom is 0.410 e. The lowest BCUT2D eigenvalue weighted by Crippen LogP contribution is -2.59. The third-order valence-electron chi connectivity index (χ3n) is 11.3. The molecule has 7 rings (SSSR count). The first-order chi connectivity index (χ1) is 24.9. The minimum Gasteiger partial charge on any atom is -0.444 e. The Labute approximate surface area is 308 Å². The maximum absolute atomic E-state index is 14.4. The zero-order valence-electron chi connectivity index (χ0n) is 29.1. The van der Waals surface area contributed by atoms with Crippen molar-refractivity contribution in [2.75, 3.05) is 6.54 Å². The Kier molecular flexibility index (Phi) is 10.4. The first-order valence-electron chi connectivity index (χ1n) is 18.6. The van der Waals surface area contributed by atoms with Crippen LogP contribution in [-0.2, 0) is 42.2 Å². The number of nitrogens with zero attached hydrogens (tertiary/aromatic N) is 2. The fourth-order valence-corrected chi connectivity index (χ4v) is 9.65. The fourth-order valence-electron chi connectivity index (χ4n) is 8.03. The van der Waals surface area contributed by atoms with E-state index in [1.54, 1.807) is 6.07 Å². The van der Waals surface area contributed by atoms with E-state index >= 15 is 0 Å². The van der Waals surface area contributed by atoms with Gasteiger partial charge in [0.25, 0.3) is 5.91 Å². The summed E-state index contributed by atoms with van der Waals surface area (Å²) >= 11 is 6.37. The molecule has 14 nitrogen and oxygen atoms in total. The smallest absolute Gasteiger partial charge is 0.410 e. The average molecular weight is 759 g/mol. The zero-order valence-corrected chi connectivity index (χ0v) is 30.7. The number of ether oxygens (including phenoxy) is 1. The number of benzene rings is 1. The molecule has 52 heavy (non-hydrogen) atoms. The lowest BCUT2D eigenvalue weighted by Gasteiger charge is -2.30. The lowest BCUT2D eigenvalue weighted by atomic mass is 10.0. The van der Waals surface area contributed by atoms with Gasteiger partial charge in [0, 0.05) is 29.9 Å². The number of urea groups is 1. The van der Waals surface area contributed by atoms with Gasteiger partial charge in [-0.1, -0.05) is 61.6 Å². The zero-order chi connectivity index (χ0) is 36.6. The highest BCUT2D eigenvalue weighted by molar-refractivity contribution is 7.91. The van der Waals surface area contributed by atoms with Gasteiger partial charge in [0.1, 0.15) is 23.7 Å². The maximum atomic E-state index is 14.4. The standard InChI is InChI=1S/C36H47ClN6O8S/c37-28-13-8-9-22-19-42(21-27(22)28)35(48)51-25-17-30-31(44)40-36(33(46)41-52(49,50)26-15-16-26)18-23(36)10-4-2-1-3-5-14-29(32(45)43(30)20-25)39-34(47)38-24-11-6-7-12-24/h4,8-10,13,23-26,29-30H,1-3,5-7,11-12,14-21H2,(H,40,44)(H,41,46)(H2,38,39,47)/b10-4-/t23-,25+,29-,30-,36+/m0/s1. The van der Waals surface area contributed by atoms with Crippen LogP contribution in [0, 0.1) is 5.92 Å². The third kappa shape index (κ3) is 7.90. The van der Waals surface area contributed by atoms with Crippen LogP contribution in [0.1, 0.15) is 94.6 Å². The number of rotatable bonds is 6. The predicted octanol–water partition coefficient (Wildman–Crippen LogP) is 3.38. The Hall–Kier alpha value is -3.85. The Bertz CT molecular complexity index is 1750. The lowest BCUT2D eigenvalue weighted by molar-refractivity contribution is -0.141. The van der Waals surface area contributed by atoms with Crippen molar-refractivity contribution in [2.24, 2.45) is 5.92 Å². The van der Waals surface area contributed by atoms with Crippen molar-refractivity contribution in [3.8, 4) is 0 Å². The molecule has 1 aromatic rings. The predicted molar refractivity (Wildman–Crippen MR) is 190 cm³/mol. The van der Waals surface area contributed by atoms with Gasteiger partial charge in [-0.3, -0.25) is 24.0 Å². The largest absolute Gasteiger partial charge is 0.444 e.